The minimum absolute atomic E-state index is 0.0416. The number of carbonyl (C=O) groups is 1. The van der Waals surface area contributed by atoms with Gasteiger partial charge in [-0.15, -0.1) is 0 Å². The van der Waals surface area contributed by atoms with Crippen molar-refractivity contribution >= 4 is 11.8 Å². The van der Waals surface area contributed by atoms with E-state index in [0.29, 0.717) is 17.6 Å². The molecule has 0 aliphatic carbocycles. The fourth-order valence-electron chi connectivity index (χ4n) is 3.52. The largest absolute Gasteiger partial charge is 0.477 e. The highest BCUT2D eigenvalue weighted by molar-refractivity contribution is 5.81. The molecule has 5 nitrogen and oxygen atoms in total. The molecule has 0 saturated heterocycles. The van der Waals surface area contributed by atoms with Crippen LogP contribution in [-0.2, 0) is 4.79 Å². The van der Waals surface area contributed by atoms with Gasteiger partial charge < -0.3 is 10.8 Å². The van der Waals surface area contributed by atoms with E-state index in [0.717, 1.165) is 25.1 Å². The number of hydrogen-bond acceptors (Lipinski definition) is 3. The van der Waals surface area contributed by atoms with Gasteiger partial charge in [-0.25, -0.2) is 14.3 Å². The maximum atomic E-state index is 11.2. The van der Waals surface area contributed by atoms with Crippen LogP contribution in [0.25, 0.3) is 0 Å². The van der Waals surface area contributed by atoms with Gasteiger partial charge in [-0.1, -0.05) is 57.6 Å². The molecule has 1 unspecified atom stereocenters. The summed E-state index contributed by atoms with van der Waals surface area (Å²) < 4.78 is 0.304. The second-order valence-corrected chi connectivity index (χ2v) is 7.19. The van der Waals surface area contributed by atoms with Gasteiger partial charge in [-0.2, -0.15) is 0 Å². The van der Waals surface area contributed by atoms with Crippen LogP contribution in [0, 0.1) is 0 Å². The second kappa shape index (κ2) is 13.7. The van der Waals surface area contributed by atoms with E-state index in [9.17, 15) is 9.90 Å². The maximum absolute atomic E-state index is 11.2. The number of aliphatic imine (C=N–C) groups is 1. The van der Waals surface area contributed by atoms with Crippen molar-refractivity contribution in [2.24, 2.45) is 10.7 Å². The van der Waals surface area contributed by atoms with Gasteiger partial charge in [0.05, 0.1) is 6.20 Å². The van der Waals surface area contributed by atoms with Crippen molar-refractivity contribution < 1.29 is 14.4 Å². The normalized spacial score (nSPS) is 19.4. The zero-order chi connectivity index (χ0) is 19.1. The first kappa shape index (κ1) is 22.6. The molecule has 0 aromatic rings. The van der Waals surface area contributed by atoms with Gasteiger partial charge in [0.15, 0.2) is 6.54 Å². The average molecular weight is 365 g/mol. The van der Waals surface area contributed by atoms with Crippen LogP contribution >= 0.6 is 0 Å². The number of allylic oxidation sites excluding steroid dienone is 2. The van der Waals surface area contributed by atoms with E-state index in [2.05, 4.69) is 24.1 Å². The predicted octanol–water partition coefficient (Wildman–Crippen LogP) is 4.60. The Morgan fingerprint density at radius 1 is 1.12 bits per heavy atom. The van der Waals surface area contributed by atoms with E-state index in [1.165, 1.54) is 51.4 Å². The summed E-state index contributed by atoms with van der Waals surface area (Å²) in [7, 11) is 0. The van der Waals surface area contributed by atoms with Crippen LogP contribution in [0.5, 0.6) is 0 Å². The fraction of sp³-hybridized carbons (Fsp3) is 0.714. The van der Waals surface area contributed by atoms with Crippen molar-refractivity contribution in [1.29, 1.82) is 0 Å². The molecule has 0 radical (unpaired) electrons. The van der Waals surface area contributed by atoms with Crippen LogP contribution in [0.15, 0.2) is 29.5 Å². The highest BCUT2D eigenvalue weighted by Gasteiger charge is 2.36. The number of unbranched alkanes of at least 4 members (excludes halogenated alkanes) is 8. The first-order valence-electron chi connectivity index (χ1n) is 10.3. The number of nitrogens with two attached hydrogens (primary N) is 1. The molecular formula is C21H38N3O2+. The smallest absolute Gasteiger partial charge is 0.360 e. The standard InChI is InChI=1S/C21H37N3O2/c1-2-3-4-5-6-7-8-9-10-11-12-13-14-20-23-16-18-24(20,17-15-22)19-21(25)26/h3-4,16,18H,2,5-15,17,19,22H2,1H3/p+1/b4-3+. The summed E-state index contributed by atoms with van der Waals surface area (Å²) in [5.41, 5.74) is 5.70. The van der Waals surface area contributed by atoms with Crippen molar-refractivity contribution in [3.63, 3.8) is 0 Å². The zero-order valence-electron chi connectivity index (χ0n) is 16.5. The molecule has 1 heterocycles. The Hall–Kier alpha value is -1.46. The molecule has 1 atom stereocenters. The monoisotopic (exact) mass is 364 g/mol. The van der Waals surface area contributed by atoms with Crippen molar-refractivity contribution in [1.82, 2.24) is 0 Å². The number of carboxylic acid groups (broad SMARTS) is 1. The van der Waals surface area contributed by atoms with Gasteiger partial charge in [0.2, 0.25) is 5.84 Å². The highest BCUT2D eigenvalue weighted by atomic mass is 16.4. The molecule has 0 saturated carbocycles. The van der Waals surface area contributed by atoms with Gasteiger partial charge in [0, 0.05) is 13.0 Å². The SMILES string of the molecule is CC/C=C/CCCCCCCCCCC1=NC=C[N+]1(CCN)CC(=O)O. The molecule has 1 aliphatic heterocycles. The topological polar surface area (TPSA) is 75.7 Å². The summed E-state index contributed by atoms with van der Waals surface area (Å²) in [4.78, 5) is 15.6. The molecule has 0 amide bonds. The number of rotatable bonds is 16. The zero-order valence-corrected chi connectivity index (χ0v) is 16.5. The first-order chi connectivity index (χ1) is 12.6. The molecule has 3 N–H and O–H groups in total. The highest BCUT2D eigenvalue weighted by Crippen LogP contribution is 2.21. The number of carboxylic acids is 1. The molecule has 0 fully saturated rings. The predicted molar refractivity (Wildman–Crippen MR) is 109 cm³/mol. The lowest BCUT2D eigenvalue weighted by molar-refractivity contribution is -0.778. The Morgan fingerprint density at radius 3 is 2.38 bits per heavy atom. The van der Waals surface area contributed by atoms with E-state index in [4.69, 9.17) is 5.73 Å². The van der Waals surface area contributed by atoms with Crippen LogP contribution in [-0.4, -0.2) is 41.0 Å². The molecule has 0 bridgehead atoms. The summed E-state index contributed by atoms with van der Waals surface area (Å²) >= 11 is 0. The van der Waals surface area contributed by atoms with Crippen molar-refractivity contribution in [3.05, 3.63) is 24.6 Å². The minimum Gasteiger partial charge on any atom is -0.477 e. The molecule has 148 valence electrons. The maximum Gasteiger partial charge on any atom is 0.360 e. The lowest BCUT2D eigenvalue weighted by atomic mass is 10.1. The van der Waals surface area contributed by atoms with Gasteiger partial charge in [0.1, 0.15) is 12.7 Å². The first-order valence-corrected chi connectivity index (χ1v) is 10.3. The fourth-order valence-corrected chi connectivity index (χ4v) is 3.52. The molecule has 0 aromatic heterocycles. The molecule has 1 aliphatic rings. The van der Waals surface area contributed by atoms with E-state index in [-0.39, 0.29) is 6.54 Å². The number of hydrogen-bond donors (Lipinski definition) is 2. The molecule has 26 heavy (non-hydrogen) atoms. The molecule has 5 heteroatoms. The molecule has 0 aromatic carbocycles. The van der Waals surface area contributed by atoms with Crippen LogP contribution in [0.3, 0.4) is 0 Å². The van der Waals surface area contributed by atoms with E-state index < -0.39 is 5.97 Å². The average Bonchev–Trinajstić information content (AvgIpc) is 2.97. The Labute approximate surface area is 159 Å². The number of quaternary nitrogens is 1. The Kier molecular flexibility index (Phi) is 11.9. The summed E-state index contributed by atoms with van der Waals surface area (Å²) in [6.45, 7) is 3.29. The van der Waals surface area contributed by atoms with Crippen LogP contribution in [0.2, 0.25) is 0 Å². The molecule has 1 rings (SSSR count). The number of nitrogens with zero attached hydrogens (tertiary/aromatic N) is 2. The van der Waals surface area contributed by atoms with Gasteiger partial charge in [0.25, 0.3) is 0 Å². The van der Waals surface area contributed by atoms with Crippen LogP contribution in [0.4, 0.5) is 0 Å². The Bertz CT molecular complexity index is 486. The second-order valence-electron chi connectivity index (χ2n) is 7.19. The summed E-state index contributed by atoms with van der Waals surface area (Å²) in [5, 5.41) is 9.21. The molecule has 0 spiro atoms. The summed E-state index contributed by atoms with van der Waals surface area (Å²) in [5.74, 6) is 0.154. The van der Waals surface area contributed by atoms with Crippen molar-refractivity contribution in [3.8, 4) is 0 Å². The van der Waals surface area contributed by atoms with Gasteiger partial charge >= 0.3 is 5.97 Å². The number of amidine groups is 1. The molecular weight excluding hydrogens is 326 g/mol. The Morgan fingerprint density at radius 2 is 1.77 bits per heavy atom. The van der Waals surface area contributed by atoms with E-state index in [1.807, 2.05) is 6.20 Å². The van der Waals surface area contributed by atoms with Gasteiger partial charge in [-0.05, 0) is 25.7 Å². The summed E-state index contributed by atoms with van der Waals surface area (Å²) in [6.07, 6.45) is 21.5. The van der Waals surface area contributed by atoms with E-state index in [1.54, 1.807) is 6.20 Å². The van der Waals surface area contributed by atoms with Crippen molar-refractivity contribution in [2.75, 3.05) is 19.6 Å². The quantitative estimate of drug-likeness (QED) is 0.239. The third-order valence-electron chi connectivity index (χ3n) is 4.96. The van der Waals surface area contributed by atoms with Gasteiger partial charge in [-0.3, -0.25) is 0 Å². The van der Waals surface area contributed by atoms with Crippen molar-refractivity contribution in [2.45, 2.75) is 77.6 Å². The lowest BCUT2D eigenvalue weighted by Crippen LogP contribution is -2.52. The van der Waals surface area contributed by atoms with Crippen LogP contribution < -0.4 is 5.73 Å². The van der Waals surface area contributed by atoms with Crippen LogP contribution in [0.1, 0.15) is 77.6 Å². The lowest BCUT2D eigenvalue weighted by Gasteiger charge is -2.30. The summed E-state index contributed by atoms with van der Waals surface area (Å²) in [6, 6.07) is 0. The van der Waals surface area contributed by atoms with E-state index >= 15 is 0 Å². The number of aliphatic carboxylic acids is 1. The third kappa shape index (κ3) is 8.77. The minimum atomic E-state index is -0.803. The Balaban J connectivity index is 2.12. The third-order valence-corrected chi connectivity index (χ3v) is 4.96.